The number of hydrogen-bond donors (Lipinski definition) is 0. The summed E-state index contributed by atoms with van der Waals surface area (Å²) < 4.78 is 10.5. The molecule has 1 aliphatic heterocycles. The van der Waals surface area contributed by atoms with Gasteiger partial charge in [0.25, 0.3) is 11.8 Å². The number of ether oxygens (including phenoxy) is 2. The number of nitrogens with zero attached hydrogens (tertiary/aromatic N) is 3. The monoisotopic (exact) mass is 403 g/mol. The first-order chi connectivity index (χ1) is 13.6. The summed E-state index contributed by atoms with van der Waals surface area (Å²) in [6.07, 6.45) is 1.58. The quantitative estimate of drug-likeness (QED) is 0.692. The maximum Gasteiger partial charge on any atom is 0.259 e. The van der Waals surface area contributed by atoms with E-state index < -0.39 is 0 Å². The highest BCUT2D eigenvalue weighted by molar-refractivity contribution is 6.30. The van der Waals surface area contributed by atoms with Crippen LogP contribution in [-0.2, 0) is 4.74 Å². The molecule has 2 heterocycles. The normalized spacial score (nSPS) is 14.1. The number of benzene rings is 1. The Bertz CT molecular complexity index is 820. The number of amides is 2. The maximum atomic E-state index is 12.9. The molecule has 0 bridgehead atoms. The SMILES string of the molecule is COCCOc1ncccc1C(=O)N1CCN(C(=O)c2ccc(Cl)cc2)CC1. The van der Waals surface area contributed by atoms with Crippen LogP contribution in [0.5, 0.6) is 5.88 Å². The number of carbonyl (C=O) groups excluding carboxylic acids is 2. The van der Waals surface area contributed by atoms with Gasteiger partial charge in [-0.05, 0) is 36.4 Å². The minimum Gasteiger partial charge on any atom is -0.475 e. The molecule has 2 amide bonds. The van der Waals surface area contributed by atoms with Crippen molar-refractivity contribution in [1.82, 2.24) is 14.8 Å². The van der Waals surface area contributed by atoms with E-state index in [0.717, 1.165) is 0 Å². The summed E-state index contributed by atoms with van der Waals surface area (Å²) in [5.74, 6) is 0.0806. The lowest BCUT2D eigenvalue weighted by Crippen LogP contribution is -2.50. The lowest BCUT2D eigenvalue weighted by molar-refractivity contribution is 0.0531. The fourth-order valence-electron chi connectivity index (χ4n) is 2.95. The van der Waals surface area contributed by atoms with Gasteiger partial charge in [0.15, 0.2) is 0 Å². The van der Waals surface area contributed by atoms with Crippen LogP contribution in [0.15, 0.2) is 42.6 Å². The number of methoxy groups -OCH3 is 1. The summed E-state index contributed by atoms with van der Waals surface area (Å²) in [5, 5.41) is 0.590. The Labute approximate surface area is 168 Å². The molecule has 8 heteroatoms. The van der Waals surface area contributed by atoms with E-state index in [1.807, 2.05) is 0 Å². The van der Waals surface area contributed by atoms with Crippen molar-refractivity contribution >= 4 is 23.4 Å². The smallest absolute Gasteiger partial charge is 0.259 e. The number of hydrogen-bond acceptors (Lipinski definition) is 5. The van der Waals surface area contributed by atoms with Crippen LogP contribution in [-0.4, -0.2) is 73.1 Å². The van der Waals surface area contributed by atoms with Gasteiger partial charge in [-0.25, -0.2) is 4.98 Å². The summed E-state index contributed by atoms with van der Waals surface area (Å²) in [6.45, 7) is 2.56. The number of rotatable bonds is 6. The van der Waals surface area contributed by atoms with E-state index in [0.29, 0.717) is 61.4 Å². The van der Waals surface area contributed by atoms with E-state index >= 15 is 0 Å². The number of halogens is 1. The van der Waals surface area contributed by atoms with Crippen LogP contribution in [0.4, 0.5) is 0 Å². The molecule has 1 saturated heterocycles. The lowest BCUT2D eigenvalue weighted by Gasteiger charge is -2.35. The third-order valence-electron chi connectivity index (χ3n) is 4.47. The zero-order valence-electron chi connectivity index (χ0n) is 15.6. The van der Waals surface area contributed by atoms with Gasteiger partial charge in [-0.1, -0.05) is 11.6 Å². The molecule has 0 saturated carbocycles. The number of pyridine rings is 1. The molecular weight excluding hydrogens is 382 g/mol. The lowest BCUT2D eigenvalue weighted by atomic mass is 10.1. The molecular formula is C20H22ClN3O4. The van der Waals surface area contributed by atoms with Gasteiger partial charge in [0.05, 0.1) is 6.61 Å². The topological polar surface area (TPSA) is 72.0 Å². The van der Waals surface area contributed by atoms with Gasteiger partial charge in [-0.3, -0.25) is 9.59 Å². The molecule has 3 rings (SSSR count). The van der Waals surface area contributed by atoms with Gasteiger partial charge >= 0.3 is 0 Å². The minimum atomic E-state index is -0.154. The van der Waals surface area contributed by atoms with Crippen LogP contribution in [0.25, 0.3) is 0 Å². The van der Waals surface area contributed by atoms with Crippen molar-refractivity contribution in [2.24, 2.45) is 0 Å². The first-order valence-corrected chi connectivity index (χ1v) is 9.39. The number of carbonyl (C=O) groups is 2. The van der Waals surface area contributed by atoms with Gasteiger partial charge in [0, 0.05) is 50.1 Å². The van der Waals surface area contributed by atoms with E-state index in [4.69, 9.17) is 21.1 Å². The molecule has 7 nitrogen and oxygen atoms in total. The molecule has 1 aliphatic rings. The van der Waals surface area contributed by atoms with Crippen molar-refractivity contribution in [3.05, 3.63) is 58.7 Å². The Morgan fingerprint density at radius 2 is 1.64 bits per heavy atom. The summed E-state index contributed by atoms with van der Waals surface area (Å²) in [5.41, 5.74) is 1.00. The fourth-order valence-corrected chi connectivity index (χ4v) is 3.07. The van der Waals surface area contributed by atoms with Crippen LogP contribution >= 0.6 is 11.6 Å². The predicted molar refractivity (Wildman–Crippen MR) is 105 cm³/mol. The third kappa shape index (κ3) is 4.79. The van der Waals surface area contributed by atoms with E-state index in [1.54, 1.807) is 59.5 Å². The summed E-state index contributed by atoms with van der Waals surface area (Å²) in [6, 6.07) is 10.2. The molecule has 1 aromatic carbocycles. The largest absolute Gasteiger partial charge is 0.475 e. The molecule has 0 spiro atoms. The molecule has 1 aromatic heterocycles. The standard InChI is InChI=1S/C20H22ClN3O4/c1-27-13-14-28-18-17(3-2-8-22-18)20(26)24-11-9-23(10-12-24)19(25)15-4-6-16(21)7-5-15/h2-8H,9-14H2,1H3. The van der Waals surface area contributed by atoms with Gasteiger partial charge in [-0.15, -0.1) is 0 Å². The highest BCUT2D eigenvalue weighted by Crippen LogP contribution is 2.19. The van der Waals surface area contributed by atoms with Crippen LogP contribution < -0.4 is 4.74 Å². The first-order valence-electron chi connectivity index (χ1n) is 9.01. The van der Waals surface area contributed by atoms with Crippen LogP contribution in [0.1, 0.15) is 20.7 Å². The maximum absolute atomic E-state index is 12.9. The highest BCUT2D eigenvalue weighted by atomic mass is 35.5. The molecule has 0 aliphatic carbocycles. The van der Waals surface area contributed by atoms with Gasteiger partial charge in [0.2, 0.25) is 5.88 Å². The van der Waals surface area contributed by atoms with Gasteiger partial charge < -0.3 is 19.3 Å². The Morgan fingerprint density at radius 1 is 1.00 bits per heavy atom. The second-order valence-electron chi connectivity index (χ2n) is 6.29. The zero-order chi connectivity index (χ0) is 19.9. The second kappa shape index (κ2) is 9.52. The molecule has 28 heavy (non-hydrogen) atoms. The molecule has 148 valence electrons. The van der Waals surface area contributed by atoms with E-state index in [-0.39, 0.29) is 11.8 Å². The van der Waals surface area contributed by atoms with Crippen LogP contribution in [0.3, 0.4) is 0 Å². The zero-order valence-corrected chi connectivity index (χ0v) is 16.4. The average Bonchev–Trinajstić information content (AvgIpc) is 2.74. The number of piperazine rings is 1. The molecule has 1 fully saturated rings. The molecule has 0 N–H and O–H groups in total. The summed E-state index contributed by atoms with van der Waals surface area (Å²) in [7, 11) is 1.58. The van der Waals surface area contributed by atoms with Crippen molar-refractivity contribution in [2.45, 2.75) is 0 Å². The molecule has 0 radical (unpaired) electrons. The van der Waals surface area contributed by atoms with Crippen molar-refractivity contribution < 1.29 is 19.1 Å². The van der Waals surface area contributed by atoms with E-state index in [2.05, 4.69) is 4.98 Å². The summed E-state index contributed by atoms with van der Waals surface area (Å²) in [4.78, 5) is 33.1. The second-order valence-corrected chi connectivity index (χ2v) is 6.73. The molecule has 2 aromatic rings. The Kier molecular flexibility index (Phi) is 6.84. The fraction of sp³-hybridized carbons (Fsp3) is 0.350. The van der Waals surface area contributed by atoms with Crippen LogP contribution in [0, 0.1) is 0 Å². The minimum absolute atomic E-state index is 0.0614. The average molecular weight is 404 g/mol. The van der Waals surface area contributed by atoms with E-state index in [1.165, 1.54) is 0 Å². The number of aromatic nitrogens is 1. The van der Waals surface area contributed by atoms with Gasteiger partial charge in [-0.2, -0.15) is 0 Å². The Hall–Kier alpha value is -2.64. The van der Waals surface area contributed by atoms with Crippen molar-refractivity contribution in [3.63, 3.8) is 0 Å². The van der Waals surface area contributed by atoms with Crippen LogP contribution in [0.2, 0.25) is 5.02 Å². The molecule has 0 atom stereocenters. The third-order valence-corrected chi connectivity index (χ3v) is 4.73. The molecule has 0 unspecified atom stereocenters. The van der Waals surface area contributed by atoms with Gasteiger partial charge in [0.1, 0.15) is 12.2 Å². The Morgan fingerprint density at radius 3 is 2.29 bits per heavy atom. The Balaban J connectivity index is 1.61. The highest BCUT2D eigenvalue weighted by Gasteiger charge is 2.27. The van der Waals surface area contributed by atoms with Crippen molar-refractivity contribution in [2.75, 3.05) is 46.5 Å². The first kappa shape index (κ1) is 20.1. The van der Waals surface area contributed by atoms with Crippen molar-refractivity contribution in [1.29, 1.82) is 0 Å². The van der Waals surface area contributed by atoms with E-state index in [9.17, 15) is 9.59 Å². The predicted octanol–water partition coefficient (Wildman–Crippen LogP) is 2.36. The summed E-state index contributed by atoms with van der Waals surface area (Å²) >= 11 is 5.88. The van der Waals surface area contributed by atoms with Crippen molar-refractivity contribution in [3.8, 4) is 5.88 Å².